The van der Waals surface area contributed by atoms with Gasteiger partial charge < -0.3 is 19.7 Å². The van der Waals surface area contributed by atoms with Gasteiger partial charge in [0.25, 0.3) is 5.91 Å². The second-order valence-corrected chi connectivity index (χ2v) is 10.3. The highest BCUT2D eigenvalue weighted by molar-refractivity contribution is 6.06. The maximum absolute atomic E-state index is 13.7. The highest BCUT2D eigenvalue weighted by Crippen LogP contribution is 2.37. The molecule has 3 aromatic rings. The van der Waals surface area contributed by atoms with E-state index in [-0.39, 0.29) is 11.8 Å². The molecule has 0 aromatic heterocycles. The van der Waals surface area contributed by atoms with Crippen LogP contribution in [0.15, 0.2) is 77.8 Å². The largest absolute Gasteiger partial charge is 0.497 e. The molecule has 0 radical (unpaired) electrons. The van der Waals surface area contributed by atoms with Crippen molar-refractivity contribution in [1.82, 2.24) is 10.2 Å². The maximum Gasteiger partial charge on any atom is 0.279 e. The quantitative estimate of drug-likeness (QED) is 0.478. The molecule has 5 rings (SSSR count). The number of benzene rings is 3. The second kappa shape index (κ2) is 11.7. The highest BCUT2D eigenvalue weighted by Gasteiger charge is 2.42. The molecule has 0 unspecified atom stereocenters. The fourth-order valence-electron chi connectivity index (χ4n) is 5.70. The summed E-state index contributed by atoms with van der Waals surface area (Å²) in [6.07, 6.45) is 3.32. The van der Waals surface area contributed by atoms with Gasteiger partial charge in [0.2, 0.25) is 5.91 Å². The first-order valence-electron chi connectivity index (χ1n) is 13.5. The highest BCUT2D eigenvalue weighted by atomic mass is 16.5. The van der Waals surface area contributed by atoms with Gasteiger partial charge in [-0.1, -0.05) is 60.7 Å². The average molecular weight is 526 g/mol. The van der Waals surface area contributed by atoms with Crippen molar-refractivity contribution in [2.75, 3.05) is 27.3 Å². The van der Waals surface area contributed by atoms with Gasteiger partial charge in [0, 0.05) is 37.7 Å². The van der Waals surface area contributed by atoms with Gasteiger partial charge in [0.1, 0.15) is 17.3 Å². The predicted molar refractivity (Wildman–Crippen MR) is 151 cm³/mol. The van der Waals surface area contributed by atoms with Gasteiger partial charge in [-0.3, -0.25) is 9.59 Å². The number of amides is 2. The summed E-state index contributed by atoms with van der Waals surface area (Å²) < 4.78 is 10.9. The van der Waals surface area contributed by atoms with E-state index in [0.717, 1.165) is 22.5 Å². The van der Waals surface area contributed by atoms with Crippen LogP contribution in [0.5, 0.6) is 11.5 Å². The molecule has 0 saturated carbocycles. The summed E-state index contributed by atoms with van der Waals surface area (Å²) in [6.45, 7) is 1.83. The summed E-state index contributed by atoms with van der Waals surface area (Å²) in [7, 11) is 3.18. The molecule has 1 fully saturated rings. The zero-order chi connectivity index (χ0) is 27.2. The molecule has 2 heterocycles. The lowest BCUT2D eigenvalue weighted by Gasteiger charge is -2.42. The summed E-state index contributed by atoms with van der Waals surface area (Å²) in [5, 5.41) is 3.21. The first-order valence-corrected chi connectivity index (χ1v) is 13.5. The Hall–Kier alpha value is -4.13. The zero-order valence-electron chi connectivity index (χ0n) is 22.6. The van der Waals surface area contributed by atoms with E-state index >= 15 is 0 Å². The fourth-order valence-corrected chi connectivity index (χ4v) is 5.70. The Bertz CT molecular complexity index is 1350. The third-order valence-corrected chi connectivity index (χ3v) is 7.95. The van der Waals surface area contributed by atoms with Gasteiger partial charge in [-0.25, -0.2) is 0 Å². The molecule has 2 amide bonds. The molecular formula is C32H35N3O4. The molecule has 7 heteroatoms. The van der Waals surface area contributed by atoms with E-state index in [1.165, 1.54) is 0 Å². The number of piperidine rings is 1. The van der Waals surface area contributed by atoms with Crippen LogP contribution in [0.4, 0.5) is 0 Å². The van der Waals surface area contributed by atoms with E-state index in [2.05, 4.69) is 27.3 Å². The van der Waals surface area contributed by atoms with Crippen molar-refractivity contribution in [3.63, 3.8) is 0 Å². The van der Waals surface area contributed by atoms with E-state index < -0.39 is 5.41 Å². The normalized spacial score (nSPS) is 16.5. The van der Waals surface area contributed by atoms with Gasteiger partial charge in [-0.05, 0) is 42.9 Å². The van der Waals surface area contributed by atoms with Crippen LogP contribution < -0.4 is 14.8 Å². The molecule has 39 heavy (non-hydrogen) atoms. The minimum absolute atomic E-state index is 0.0815. The van der Waals surface area contributed by atoms with Crippen LogP contribution >= 0.6 is 0 Å². The number of aliphatic imine (C=N–C) groups is 1. The molecule has 7 nitrogen and oxygen atoms in total. The first kappa shape index (κ1) is 26.5. The van der Waals surface area contributed by atoms with Crippen LogP contribution in [0.1, 0.15) is 46.3 Å². The number of nitrogens with zero attached hydrogens (tertiary/aromatic N) is 2. The summed E-state index contributed by atoms with van der Waals surface area (Å²) in [5.74, 6) is 1.79. The van der Waals surface area contributed by atoms with Crippen LogP contribution in [-0.4, -0.2) is 49.9 Å². The van der Waals surface area contributed by atoms with Crippen molar-refractivity contribution < 1.29 is 19.1 Å². The van der Waals surface area contributed by atoms with Gasteiger partial charge in [0.15, 0.2) is 0 Å². The number of carbonyl (C=O) groups excluding carboxylic acids is 2. The number of ether oxygens (including phenoxy) is 2. The molecule has 2 aliphatic rings. The Balaban J connectivity index is 1.33. The molecule has 2 aliphatic heterocycles. The van der Waals surface area contributed by atoms with Crippen LogP contribution in [0.3, 0.4) is 0 Å². The molecule has 0 bridgehead atoms. The van der Waals surface area contributed by atoms with E-state index in [1.54, 1.807) is 20.3 Å². The number of amidine groups is 1. The summed E-state index contributed by atoms with van der Waals surface area (Å²) >= 11 is 0. The lowest BCUT2D eigenvalue weighted by Crippen LogP contribution is -2.51. The minimum atomic E-state index is -0.526. The van der Waals surface area contributed by atoms with Crippen LogP contribution in [0.25, 0.3) is 0 Å². The monoisotopic (exact) mass is 525 g/mol. The van der Waals surface area contributed by atoms with Crippen LogP contribution in [0, 0.1) is 5.41 Å². The lowest BCUT2D eigenvalue weighted by atomic mass is 9.72. The molecule has 1 N–H and O–H groups in total. The van der Waals surface area contributed by atoms with Crippen LogP contribution in [0.2, 0.25) is 0 Å². The summed E-state index contributed by atoms with van der Waals surface area (Å²) in [4.78, 5) is 33.6. The Morgan fingerprint density at radius 2 is 1.59 bits per heavy atom. The number of methoxy groups -OCH3 is 2. The Morgan fingerprint density at radius 3 is 2.23 bits per heavy atom. The molecule has 3 aromatic carbocycles. The van der Waals surface area contributed by atoms with Crippen molar-refractivity contribution >= 4 is 17.6 Å². The van der Waals surface area contributed by atoms with Gasteiger partial charge in [0.05, 0.1) is 25.2 Å². The molecule has 1 saturated heterocycles. The maximum atomic E-state index is 13.7. The average Bonchev–Trinajstić information content (AvgIpc) is 3.15. The summed E-state index contributed by atoms with van der Waals surface area (Å²) in [6, 6.07) is 23.8. The fraction of sp³-hybridized carbons (Fsp3) is 0.344. The Labute approximate surface area is 229 Å². The Kier molecular flexibility index (Phi) is 7.96. The number of nitrogens with one attached hydrogen (secondary N) is 1. The number of hydrogen-bond donors (Lipinski definition) is 1. The third-order valence-electron chi connectivity index (χ3n) is 7.95. The smallest absolute Gasteiger partial charge is 0.279 e. The number of rotatable bonds is 7. The summed E-state index contributed by atoms with van der Waals surface area (Å²) in [5.41, 5.74) is 3.09. The van der Waals surface area contributed by atoms with E-state index in [0.29, 0.717) is 68.8 Å². The van der Waals surface area contributed by atoms with E-state index in [4.69, 9.17) is 9.47 Å². The molecule has 0 aliphatic carbocycles. The standard InChI is InChI=1S/C32H35N3O4/c1-38-25-19-27-26(28(20-25)39-2)13-14-29(34-30(27)36)35-17-15-32(16-18-35,21-23-9-5-3-6-10-23)31(37)33-22-24-11-7-4-8-12-24/h3-12,19-20H,13-18,21-22H2,1-2H3,(H,33,37). The molecule has 202 valence electrons. The van der Waals surface area contributed by atoms with E-state index in [9.17, 15) is 9.59 Å². The molecular weight excluding hydrogens is 490 g/mol. The van der Waals surface area contributed by atoms with Crippen LogP contribution in [-0.2, 0) is 24.2 Å². The SMILES string of the molecule is COc1cc(OC)c2c(c1)C(=O)N=C(N1CCC(Cc3ccccc3)(C(=O)NCc3ccccc3)CC1)CC2. The zero-order valence-corrected chi connectivity index (χ0v) is 22.6. The van der Waals surface area contributed by atoms with Gasteiger partial charge in [-0.15, -0.1) is 0 Å². The van der Waals surface area contributed by atoms with Crippen molar-refractivity contribution in [1.29, 1.82) is 0 Å². The van der Waals surface area contributed by atoms with Crippen molar-refractivity contribution in [3.8, 4) is 11.5 Å². The third kappa shape index (κ3) is 5.82. The predicted octanol–water partition coefficient (Wildman–Crippen LogP) is 4.83. The first-order chi connectivity index (χ1) is 19.0. The number of likely N-dealkylation sites (tertiary alicyclic amines) is 1. The van der Waals surface area contributed by atoms with Crippen molar-refractivity contribution in [3.05, 3.63) is 95.1 Å². The number of carbonyl (C=O) groups is 2. The molecule has 0 atom stereocenters. The Morgan fingerprint density at radius 1 is 0.923 bits per heavy atom. The van der Waals surface area contributed by atoms with Crippen molar-refractivity contribution in [2.24, 2.45) is 10.4 Å². The number of hydrogen-bond acceptors (Lipinski definition) is 5. The topological polar surface area (TPSA) is 80.2 Å². The van der Waals surface area contributed by atoms with Crippen molar-refractivity contribution in [2.45, 2.75) is 38.6 Å². The second-order valence-electron chi connectivity index (χ2n) is 10.3. The van der Waals surface area contributed by atoms with E-state index in [1.807, 2.05) is 54.6 Å². The minimum Gasteiger partial charge on any atom is -0.497 e. The lowest BCUT2D eigenvalue weighted by molar-refractivity contribution is -0.133. The number of fused-ring (bicyclic) bond motifs is 1. The van der Waals surface area contributed by atoms with Gasteiger partial charge in [-0.2, -0.15) is 4.99 Å². The van der Waals surface area contributed by atoms with Gasteiger partial charge >= 0.3 is 0 Å². The molecule has 0 spiro atoms.